The van der Waals surface area contributed by atoms with E-state index in [1.54, 1.807) is 11.8 Å². The maximum Gasteiger partial charge on any atom is 0.256 e. The predicted molar refractivity (Wildman–Crippen MR) is 118 cm³/mol. The lowest BCUT2D eigenvalue weighted by Gasteiger charge is -2.28. The van der Waals surface area contributed by atoms with Crippen LogP contribution in [-0.2, 0) is 5.75 Å². The van der Waals surface area contributed by atoms with E-state index in [0.29, 0.717) is 11.3 Å². The summed E-state index contributed by atoms with van der Waals surface area (Å²) in [6.07, 6.45) is 3.82. The van der Waals surface area contributed by atoms with Gasteiger partial charge in [0.2, 0.25) is 0 Å². The monoisotopic (exact) mass is 407 g/mol. The second kappa shape index (κ2) is 9.18. The molecule has 4 rings (SSSR count). The highest BCUT2D eigenvalue weighted by atomic mass is 32.2. The number of aryl methyl sites for hydroxylation is 1. The number of aromatic nitrogens is 1. The molecule has 150 valence electrons. The molecule has 0 radical (unpaired) electrons. The van der Waals surface area contributed by atoms with Crippen LogP contribution in [0.1, 0.15) is 41.1 Å². The molecule has 0 aliphatic carbocycles. The molecule has 6 heteroatoms. The lowest BCUT2D eigenvalue weighted by atomic mass is 10.1. The number of hydrogen-bond donors (Lipinski definition) is 1. The average Bonchev–Trinajstić information content (AvgIpc) is 3.19. The van der Waals surface area contributed by atoms with Crippen molar-refractivity contribution >= 4 is 29.0 Å². The van der Waals surface area contributed by atoms with Crippen LogP contribution in [0.4, 0.5) is 11.4 Å². The van der Waals surface area contributed by atoms with Gasteiger partial charge in [-0.05, 0) is 62.6 Å². The largest absolute Gasteiger partial charge is 0.372 e. The molecular formula is C23H25N3O2S. The van der Waals surface area contributed by atoms with Crippen LogP contribution < -0.4 is 10.2 Å². The van der Waals surface area contributed by atoms with Crippen molar-refractivity contribution in [1.82, 2.24) is 5.16 Å². The molecule has 0 saturated carbocycles. The van der Waals surface area contributed by atoms with Gasteiger partial charge in [-0.15, -0.1) is 11.8 Å². The van der Waals surface area contributed by atoms with Gasteiger partial charge in [-0.3, -0.25) is 4.79 Å². The van der Waals surface area contributed by atoms with Crippen LogP contribution >= 0.6 is 11.8 Å². The zero-order valence-electron chi connectivity index (χ0n) is 16.6. The third kappa shape index (κ3) is 5.01. The summed E-state index contributed by atoms with van der Waals surface area (Å²) in [6.45, 7) is 4.10. The molecular weight excluding hydrogens is 382 g/mol. The smallest absolute Gasteiger partial charge is 0.256 e. The number of amides is 1. The van der Waals surface area contributed by atoms with Gasteiger partial charge in [0.15, 0.2) is 0 Å². The average molecular weight is 408 g/mol. The number of anilines is 2. The third-order valence-corrected chi connectivity index (χ3v) is 6.14. The molecule has 3 aromatic rings. The highest BCUT2D eigenvalue weighted by molar-refractivity contribution is 7.98. The Morgan fingerprint density at radius 3 is 2.59 bits per heavy atom. The predicted octanol–water partition coefficient (Wildman–Crippen LogP) is 5.52. The summed E-state index contributed by atoms with van der Waals surface area (Å²) in [6, 6.07) is 17.7. The van der Waals surface area contributed by atoms with Crippen LogP contribution in [0.5, 0.6) is 0 Å². The van der Waals surface area contributed by atoms with Gasteiger partial charge in [-0.1, -0.05) is 17.3 Å². The highest BCUT2D eigenvalue weighted by Gasteiger charge is 2.14. The van der Waals surface area contributed by atoms with E-state index in [-0.39, 0.29) is 5.91 Å². The maximum absolute atomic E-state index is 12.9. The van der Waals surface area contributed by atoms with Gasteiger partial charge in [0.1, 0.15) is 5.76 Å². The molecule has 1 saturated heterocycles. The molecule has 0 spiro atoms. The maximum atomic E-state index is 12.9. The number of nitrogens with one attached hydrogen (secondary N) is 1. The Hall–Kier alpha value is -2.73. The second-order valence-corrected chi connectivity index (χ2v) is 8.28. The minimum absolute atomic E-state index is 0.102. The fraction of sp³-hybridized carbons (Fsp3) is 0.304. The van der Waals surface area contributed by atoms with Gasteiger partial charge in [0.05, 0.1) is 11.3 Å². The normalized spacial score (nSPS) is 14.0. The van der Waals surface area contributed by atoms with Crippen molar-refractivity contribution in [2.24, 2.45) is 0 Å². The Labute approximate surface area is 175 Å². The van der Waals surface area contributed by atoms with Gasteiger partial charge < -0.3 is 14.7 Å². The number of hydrogen-bond acceptors (Lipinski definition) is 5. The number of carbonyl (C=O) groups excluding carboxylic acids is 1. The summed E-state index contributed by atoms with van der Waals surface area (Å²) < 4.78 is 5.12. The lowest BCUT2D eigenvalue weighted by molar-refractivity contribution is 0.102. The molecule has 0 unspecified atom stereocenters. The molecule has 1 aliphatic rings. The van der Waals surface area contributed by atoms with Gasteiger partial charge in [0, 0.05) is 41.2 Å². The number of rotatable bonds is 6. The van der Waals surface area contributed by atoms with E-state index in [0.717, 1.165) is 35.1 Å². The van der Waals surface area contributed by atoms with Crippen LogP contribution in [-0.4, -0.2) is 24.2 Å². The molecule has 0 atom stereocenters. The van der Waals surface area contributed by atoms with Crippen molar-refractivity contribution in [2.75, 3.05) is 23.3 Å². The zero-order valence-corrected chi connectivity index (χ0v) is 17.4. The minimum atomic E-state index is -0.102. The Balaban J connectivity index is 1.41. The van der Waals surface area contributed by atoms with Crippen LogP contribution in [0, 0.1) is 6.92 Å². The molecule has 2 aromatic carbocycles. The Kier molecular flexibility index (Phi) is 6.20. The van der Waals surface area contributed by atoms with E-state index in [4.69, 9.17) is 4.52 Å². The summed E-state index contributed by atoms with van der Waals surface area (Å²) in [7, 11) is 0. The first-order valence-electron chi connectivity index (χ1n) is 9.99. The van der Waals surface area contributed by atoms with Crippen LogP contribution in [0.2, 0.25) is 0 Å². The first-order chi connectivity index (χ1) is 14.2. The molecule has 1 aliphatic heterocycles. The molecule has 2 heterocycles. The lowest BCUT2D eigenvalue weighted by Crippen LogP contribution is -2.29. The number of piperidine rings is 1. The van der Waals surface area contributed by atoms with E-state index < -0.39 is 0 Å². The fourth-order valence-corrected chi connectivity index (χ4v) is 4.45. The van der Waals surface area contributed by atoms with Crippen molar-refractivity contribution in [2.45, 2.75) is 36.8 Å². The van der Waals surface area contributed by atoms with Gasteiger partial charge in [-0.2, -0.15) is 0 Å². The van der Waals surface area contributed by atoms with Crippen molar-refractivity contribution in [3.63, 3.8) is 0 Å². The number of thioether (sulfide) groups is 1. The van der Waals surface area contributed by atoms with Crippen LogP contribution in [0.3, 0.4) is 0 Å². The number of benzene rings is 2. The Morgan fingerprint density at radius 2 is 1.86 bits per heavy atom. The summed E-state index contributed by atoms with van der Waals surface area (Å²) >= 11 is 1.58. The van der Waals surface area contributed by atoms with E-state index >= 15 is 0 Å². The SMILES string of the molecule is Cc1cc(CSc2ccccc2C(=O)Nc2ccc(N3CCCCC3)cc2)no1. The van der Waals surface area contributed by atoms with Gasteiger partial charge in [-0.25, -0.2) is 0 Å². The van der Waals surface area contributed by atoms with E-state index in [1.807, 2.05) is 49.4 Å². The molecule has 1 N–H and O–H groups in total. The first kappa shape index (κ1) is 19.6. The summed E-state index contributed by atoms with van der Waals surface area (Å²) in [5.74, 6) is 1.35. The quantitative estimate of drug-likeness (QED) is 0.545. The molecule has 1 fully saturated rings. The van der Waals surface area contributed by atoms with Crippen molar-refractivity contribution in [3.8, 4) is 0 Å². The molecule has 1 aromatic heterocycles. The number of carbonyl (C=O) groups is 1. The zero-order chi connectivity index (χ0) is 20.1. The Morgan fingerprint density at radius 1 is 1.10 bits per heavy atom. The van der Waals surface area contributed by atoms with Crippen molar-refractivity contribution in [1.29, 1.82) is 0 Å². The van der Waals surface area contributed by atoms with Gasteiger partial charge >= 0.3 is 0 Å². The molecule has 29 heavy (non-hydrogen) atoms. The summed E-state index contributed by atoms with van der Waals surface area (Å²) in [4.78, 5) is 16.2. The molecule has 0 bridgehead atoms. The van der Waals surface area contributed by atoms with Crippen LogP contribution in [0.15, 0.2) is 64.0 Å². The fourth-order valence-electron chi connectivity index (χ4n) is 3.52. The minimum Gasteiger partial charge on any atom is -0.372 e. The molecule has 1 amide bonds. The Bertz CT molecular complexity index is 962. The summed E-state index contributed by atoms with van der Waals surface area (Å²) in [5.41, 5.74) is 3.57. The van der Waals surface area contributed by atoms with Crippen molar-refractivity contribution in [3.05, 3.63) is 71.6 Å². The summed E-state index contributed by atoms with van der Waals surface area (Å²) in [5, 5.41) is 7.05. The first-order valence-corrected chi connectivity index (χ1v) is 11.0. The van der Waals surface area contributed by atoms with Crippen LogP contribution in [0.25, 0.3) is 0 Å². The third-order valence-electron chi connectivity index (χ3n) is 5.03. The van der Waals surface area contributed by atoms with Crippen molar-refractivity contribution < 1.29 is 9.32 Å². The molecule has 5 nitrogen and oxygen atoms in total. The second-order valence-electron chi connectivity index (χ2n) is 7.26. The van der Waals surface area contributed by atoms with Gasteiger partial charge in [0.25, 0.3) is 5.91 Å². The van der Waals surface area contributed by atoms with E-state index in [2.05, 4.69) is 27.5 Å². The topological polar surface area (TPSA) is 58.4 Å². The standard InChI is InChI=1S/C23H25N3O2S/c1-17-15-19(25-28-17)16-29-22-8-4-3-7-21(22)23(27)24-18-9-11-20(12-10-18)26-13-5-2-6-14-26/h3-4,7-12,15H,2,5-6,13-14,16H2,1H3,(H,24,27). The van der Waals surface area contributed by atoms with E-state index in [9.17, 15) is 4.79 Å². The van der Waals surface area contributed by atoms with E-state index in [1.165, 1.54) is 24.9 Å². The number of nitrogens with zero attached hydrogens (tertiary/aromatic N) is 2. The highest BCUT2D eigenvalue weighted by Crippen LogP contribution is 2.27.